The van der Waals surface area contributed by atoms with Crippen molar-refractivity contribution in [2.45, 2.75) is 85.6 Å². The van der Waals surface area contributed by atoms with Gasteiger partial charge in [0.2, 0.25) is 0 Å². The van der Waals surface area contributed by atoms with Crippen molar-refractivity contribution in [1.82, 2.24) is 39.9 Å². The van der Waals surface area contributed by atoms with E-state index >= 15 is 0 Å². The second-order valence-corrected chi connectivity index (χ2v) is 17.0. The van der Waals surface area contributed by atoms with E-state index in [4.69, 9.17) is 10.8 Å². The number of hydrogen-bond donors (Lipinski definition) is 4. The second kappa shape index (κ2) is 20.1. The van der Waals surface area contributed by atoms with Crippen LogP contribution in [0.5, 0.6) is 0 Å². The number of pyridine rings is 2. The molecule has 0 aliphatic carbocycles. The molecule has 0 bridgehead atoms. The summed E-state index contributed by atoms with van der Waals surface area (Å²) in [4.78, 5) is 54.9. The number of aromatic carboxylic acids is 1. The number of nitrogens with zero attached hydrogens (tertiary/aromatic N) is 6. The van der Waals surface area contributed by atoms with Gasteiger partial charge in [0.1, 0.15) is 35.3 Å². The number of carboxylic acids is 1. The maximum absolute atomic E-state index is 12.6. The van der Waals surface area contributed by atoms with Crippen LogP contribution in [0.25, 0.3) is 44.6 Å². The molecule has 320 valence electrons. The summed E-state index contributed by atoms with van der Waals surface area (Å²) in [6.07, 6.45) is 11.5. The van der Waals surface area contributed by atoms with Crippen molar-refractivity contribution in [1.29, 1.82) is 0 Å². The number of Topliss-reactive ketones (excluding diaryl/α,β-unsaturated/α-hetero) is 1. The molecule has 13 heteroatoms. The molecule has 0 fully saturated rings. The quantitative estimate of drug-likeness (QED) is 0.0920. The standard InChI is InChI=1S/C25H26N4O.C14H14N4.C10H13NO2.HI/c1-16-13-18(23-20-11-12-26-24(20)29-15-28-23)6-5-17(16)7-10-22(30)21-9-8-19(14-27-21)25(2,3)4;1-9-6-10(2-3-11(9)7-15)13-12-4-5-16-14(12)18-8-17-13;1-10(2,3)7-4-5-8(9(12)13)11-6-7;/h5-6,8-9,11-15H,7,10H2,1-4H3,(H,26,28,29);2-6,8H,7,15H2,1H3,(H,16,17,18);4-6H,1-3H3,(H,12,13);1H/p-1. The normalized spacial score (nSPS) is 11.2. The van der Waals surface area contributed by atoms with Crippen LogP contribution in [0, 0.1) is 13.8 Å². The fourth-order valence-corrected chi connectivity index (χ4v) is 6.74. The number of aromatic amines is 2. The van der Waals surface area contributed by atoms with Gasteiger partial charge in [-0.3, -0.25) is 9.78 Å². The van der Waals surface area contributed by atoms with Gasteiger partial charge in [-0.25, -0.2) is 29.7 Å². The molecule has 0 saturated heterocycles. The molecule has 8 aromatic rings. The summed E-state index contributed by atoms with van der Waals surface area (Å²) < 4.78 is 0. The summed E-state index contributed by atoms with van der Waals surface area (Å²) in [5, 5.41) is 10.7. The van der Waals surface area contributed by atoms with Crippen LogP contribution >= 0.6 is 0 Å². The Hall–Kier alpha value is -6.19. The lowest BCUT2D eigenvalue weighted by atomic mass is 9.88. The lowest BCUT2D eigenvalue weighted by Crippen LogP contribution is -3.00. The van der Waals surface area contributed by atoms with Gasteiger partial charge in [-0.2, -0.15) is 0 Å². The minimum atomic E-state index is -0.986. The van der Waals surface area contributed by atoms with Gasteiger partial charge >= 0.3 is 5.97 Å². The number of carboxylic acid groups (broad SMARTS) is 1. The average molecular weight is 943 g/mol. The predicted octanol–water partition coefficient (Wildman–Crippen LogP) is 6.91. The van der Waals surface area contributed by atoms with Gasteiger partial charge in [-0.05, 0) is 101 Å². The van der Waals surface area contributed by atoms with Crippen molar-refractivity contribution in [3.8, 4) is 22.5 Å². The Bertz CT molecular complexity index is 2780. The molecule has 0 spiro atoms. The predicted molar refractivity (Wildman–Crippen MR) is 241 cm³/mol. The fourth-order valence-electron chi connectivity index (χ4n) is 6.74. The highest BCUT2D eigenvalue weighted by Crippen LogP contribution is 2.29. The van der Waals surface area contributed by atoms with E-state index in [2.05, 4.69) is 132 Å². The number of nitrogens with one attached hydrogen (secondary N) is 2. The number of fused-ring (bicyclic) bond motifs is 2. The van der Waals surface area contributed by atoms with Crippen LogP contribution in [0.15, 0.2) is 110 Å². The fraction of sp³-hybridized carbons (Fsp3) is 0.265. The smallest absolute Gasteiger partial charge is 0.354 e. The highest BCUT2D eigenvalue weighted by molar-refractivity contribution is 5.94. The third-order valence-electron chi connectivity index (χ3n) is 10.5. The number of ketones is 1. The van der Waals surface area contributed by atoms with Crippen molar-refractivity contribution in [2.24, 2.45) is 5.73 Å². The number of hydrogen-bond acceptors (Lipinski definition) is 9. The van der Waals surface area contributed by atoms with Crippen molar-refractivity contribution >= 4 is 33.8 Å². The minimum Gasteiger partial charge on any atom is -1.00 e. The Kier molecular flexibility index (Phi) is 15.2. The summed E-state index contributed by atoms with van der Waals surface area (Å²) >= 11 is 0. The summed E-state index contributed by atoms with van der Waals surface area (Å²) in [7, 11) is 0. The van der Waals surface area contributed by atoms with E-state index in [0.717, 1.165) is 72.4 Å². The van der Waals surface area contributed by atoms with Crippen molar-refractivity contribution < 1.29 is 38.7 Å². The lowest BCUT2D eigenvalue weighted by molar-refractivity contribution is -0.0000363. The molecule has 5 N–H and O–H groups in total. The average Bonchev–Trinajstić information content (AvgIpc) is 3.94. The molecule has 12 nitrogen and oxygen atoms in total. The van der Waals surface area contributed by atoms with Gasteiger partial charge in [0.05, 0.1) is 11.4 Å². The van der Waals surface area contributed by atoms with Crippen molar-refractivity contribution in [3.63, 3.8) is 0 Å². The molecular formula is C49H53IN9O3-. The lowest BCUT2D eigenvalue weighted by Gasteiger charge is -2.18. The summed E-state index contributed by atoms with van der Waals surface area (Å²) in [5.74, 6) is -0.913. The van der Waals surface area contributed by atoms with E-state index in [1.54, 1.807) is 24.9 Å². The van der Waals surface area contributed by atoms with Crippen LogP contribution in [0.4, 0.5) is 0 Å². The Labute approximate surface area is 379 Å². The molecule has 0 amide bonds. The number of aromatic nitrogens is 8. The van der Waals surface area contributed by atoms with E-state index in [9.17, 15) is 9.59 Å². The molecule has 6 aromatic heterocycles. The zero-order chi connectivity index (χ0) is 43.9. The topological polar surface area (TPSA) is 189 Å². The Morgan fingerprint density at radius 1 is 0.613 bits per heavy atom. The third kappa shape index (κ3) is 11.4. The molecule has 62 heavy (non-hydrogen) atoms. The summed E-state index contributed by atoms with van der Waals surface area (Å²) in [6, 6.07) is 23.7. The van der Waals surface area contributed by atoms with Gasteiger partial charge in [0.25, 0.3) is 0 Å². The van der Waals surface area contributed by atoms with E-state index < -0.39 is 5.97 Å². The molecule has 0 saturated carbocycles. The van der Waals surface area contributed by atoms with Crippen LogP contribution in [-0.4, -0.2) is 56.7 Å². The highest BCUT2D eigenvalue weighted by atomic mass is 127. The number of halogens is 1. The number of H-pyrrole nitrogens is 2. The molecule has 0 atom stereocenters. The number of rotatable bonds is 8. The van der Waals surface area contributed by atoms with Gasteiger partial charge in [0, 0.05) is 59.7 Å². The van der Waals surface area contributed by atoms with Crippen LogP contribution in [0.2, 0.25) is 0 Å². The molecule has 0 radical (unpaired) electrons. The molecule has 6 heterocycles. The number of aryl methyl sites for hydroxylation is 3. The molecule has 0 aliphatic heterocycles. The van der Waals surface area contributed by atoms with Gasteiger partial charge in [0.15, 0.2) is 5.78 Å². The first-order valence-electron chi connectivity index (χ1n) is 20.2. The third-order valence-corrected chi connectivity index (χ3v) is 10.5. The van der Waals surface area contributed by atoms with Gasteiger partial charge in [-0.15, -0.1) is 0 Å². The van der Waals surface area contributed by atoms with E-state index in [1.165, 1.54) is 11.6 Å². The number of nitrogens with two attached hydrogens (primary N) is 1. The highest BCUT2D eigenvalue weighted by Gasteiger charge is 2.17. The summed E-state index contributed by atoms with van der Waals surface area (Å²) in [6.45, 7) is 17.3. The van der Waals surface area contributed by atoms with Crippen molar-refractivity contribution in [2.75, 3.05) is 0 Å². The first-order valence-corrected chi connectivity index (χ1v) is 20.2. The molecule has 0 aliphatic rings. The Balaban J connectivity index is 0.000000193. The Morgan fingerprint density at radius 3 is 1.48 bits per heavy atom. The van der Waals surface area contributed by atoms with Crippen molar-refractivity contribution in [3.05, 3.63) is 155 Å². The van der Waals surface area contributed by atoms with E-state index in [1.807, 2.05) is 42.9 Å². The molecule has 2 aromatic carbocycles. The van der Waals surface area contributed by atoms with E-state index in [-0.39, 0.29) is 46.3 Å². The minimum absolute atomic E-state index is 0. The maximum Gasteiger partial charge on any atom is 0.354 e. The van der Waals surface area contributed by atoms with Gasteiger partial charge in [-0.1, -0.05) is 77.9 Å². The first-order chi connectivity index (χ1) is 29.0. The summed E-state index contributed by atoms with van der Waals surface area (Å²) in [5.41, 5.74) is 18.9. The van der Waals surface area contributed by atoms with Gasteiger partial charge < -0.3 is 44.8 Å². The van der Waals surface area contributed by atoms with Crippen LogP contribution in [-0.2, 0) is 23.8 Å². The monoisotopic (exact) mass is 942 g/mol. The zero-order valence-electron chi connectivity index (χ0n) is 36.4. The van der Waals surface area contributed by atoms with E-state index in [0.29, 0.717) is 25.1 Å². The largest absolute Gasteiger partial charge is 1.00 e. The number of benzene rings is 2. The van der Waals surface area contributed by atoms with Crippen LogP contribution in [0.3, 0.4) is 0 Å². The maximum atomic E-state index is 12.6. The number of carbonyl (C=O) groups is 2. The first kappa shape index (κ1) is 46.9. The second-order valence-electron chi connectivity index (χ2n) is 17.0. The Morgan fingerprint density at radius 2 is 1.08 bits per heavy atom. The van der Waals surface area contributed by atoms with Crippen LogP contribution < -0.4 is 29.7 Å². The molecule has 0 unspecified atom stereocenters. The van der Waals surface area contributed by atoms with Crippen LogP contribution in [0.1, 0.15) is 102 Å². The molecular weight excluding hydrogens is 890 g/mol. The zero-order valence-corrected chi connectivity index (χ0v) is 38.6. The SMILES string of the molecule is CC(C)(C)c1ccc(C(=O)O)nc1.Cc1cc(-c2ncnc3[nH]ccc23)ccc1CCC(=O)c1ccc(C(C)(C)C)cn1.Cc1cc(-c2ncnc3[nH]ccc23)ccc1CN.[I-]. The number of carbonyl (C=O) groups excluding carboxylic acids is 1. The molecule has 8 rings (SSSR count).